The lowest BCUT2D eigenvalue weighted by Gasteiger charge is -2.30. The molecule has 2 amide bonds. The predicted octanol–water partition coefficient (Wildman–Crippen LogP) is 3.89. The van der Waals surface area contributed by atoms with E-state index in [-0.39, 0.29) is 12.1 Å². The third-order valence-electron chi connectivity index (χ3n) is 4.75. The Bertz CT molecular complexity index is 724. The van der Waals surface area contributed by atoms with Crippen LogP contribution in [0.3, 0.4) is 0 Å². The van der Waals surface area contributed by atoms with Gasteiger partial charge >= 0.3 is 6.03 Å². The van der Waals surface area contributed by atoms with Crippen molar-refractivity contribution in [2.75, 3.05) is 19.0 Å². The summed E-state index contributed by atoms with van der Waals surface area (Å²) in [6, 6.07) is 9.94. The Hall–Kier alpha value is -2.50. The van der Waals surface area contributed by atoms with Crippen LogP contribution in [0.2, 0.25) is 0 Å². The quantitative estimate of drug-likeness (QED) is 0.921. The van der Waals surface area contributed by atoms with Crippen molar-refractivity contribution in [3.63, 3.8) is 0 Å². The number of hydrogen-bond acceptors (Lipinski definition) is 3. The number of aryl methyl sites for hydroxylation is 2. The van der Waals surface area contributed by atoms with Crippen LogP contribution in [-0.2, 0) is 7.05 Å². The molecule has 0 aliphatic carbocycles. The maximum Gasteiger partial charge on any atom is 0.323 e. The Balaban J connectivity index is 1.81. The highest BCUT2D eigenvalue weighted by molar-refractivity contribution is 5.88. The SMILES string of the molecule is COc1ccc([C@H]2CCCCCN2C(=O)Nc2cc(C)nn2C)cc1. The second-order valence-corrected chi connectivity index (χ2v) is 6.56. The molecule has 2 aromatic rings. The van der Waals surface area contributed by atoms with Gasteiger partial charge in [0.25, 0.3) is 0 Å². The zero-order valence-electron chi connectivity index (χ0n) is 15.2. The van der Waals surface area contributed by atoms with Crippen LogP contribution in [0.1, 0.15) is 43.0 Å². The van der Waals surface area contributed by atoms with E-state index in [0.717, 1.165) is 55.1 Å². The van der Waals surface area contributed by atoms with E-state index in [4.69, 9.17) is 4.74 Å². The number of nitrogens with zero attached hydrogens (tertiary/aromatic N) is 3. The van der Waals surface area contributed by atoms with Gasteiger partial charge in [-0.2, -0.15) is 5.10 Å². The summed E-state index contributed by atoms with van der Waals surface area (Å²) in [4.78, 5) is 14.9. The highest BCUT2D eigenvalue weighted by Gasteiger charge is 2.27. The van der Waals surface area contributed by atoms with Gasteiger partial charge in [-0.3, -0.25) is 10.00 Å². The van der Waals surface area contributed by atoms with E-state index in [9.17, 15) is 4.79 Å². The Morgan fingerprint density at radius 2 is 2.00 bits per heavy atom. The summed E-state index contributed by atoms with van der Waals surface area (Å²) < 4.78 is 6.95. The van der Waals surface area contributed by atoms with Gasteiger partial charge < -0.3 is 9.64 Å². The van der Waals surface area contributed by atoms with E-state index in [1.54, 1.807) is 11.8 Å². The molecular weight excluding hydrogens is 316 g/mol. The van der Waals surface area contributed by atoms with E-state index in [0.29, 0.717) is 0 Å². The standard InChI is InChI=1S/C19H26N4O2/c1-14-13-18(22(2)21-14)20-19(24)23-12-6-4-5-7-17(23)15-8-10-16(25-3)11-9-15/h8-11,13,17H,4-7,12H2,1-3H3,(H,20,24)/t17-/m1/s1. The van der Waals surface area contributed by atoms with E-state index in [1.165, 1.54) is 0 Å². The number of anilines is 1. The number of nitrogens with one attached hydrogen (secondary N) is 1. The smallest absolute Gasteiger partial charge is 0.323 e. The van der Waals surface area contributed by atoms with Crippen molar-refractivity contribution in [3.05, 3.63) is 41.6 Å². The van der Waals surface area contributed by atoms with Crippen LogP contribution in [0, 0.1) is 6.92 Å². The molecule has 1 saturated heterocycles. The van der Waals surface area contributed by atoms with Crippen molar-refractivity contribution in [1.82, 2.24) is 14.7 Å². The van der Waals surface area contributed by atoms with Gasteiger partial charge in [0.05, 0.1) is 18.8 Å². The van der Waals surface area contributed by atoms with Gasteiger partial charge in [-0.05, 0) is 37.5 Å². The van der Waals surface area contributed by atoms with Gasteiger partial charge in [-0.25, -0.2) is 4.79 Å². The molecule has 134 valence electrons. The minimum Gasteiger partial charge on any atom is -0.497 e. The van der Waals surface area contributed by atoms with Gasteiger partial charge in [-0.15, -0.1) is 0 Å². The summed E-state index contributed by atoms with van der Waals surface area (Å²) in [7, 11) is 3.50. The molecule has 0 radical (unpaired) electrons. The molecule has 1 aromatic carbocycles. The number of hydrogen-bond donors (Lipinski definition) is 1. The number of carbonyl (C=O) groups is 1. The fourth-order valence-corrected chi connectivity index (χ4v) is 3.43. The van der Waals surface area contributed by atoms with E-state index >= 15 is 0 Å². The van der Waals surface area contributed by atoms with Crippen molar-refractivity contribution in [2.45, 2.75) is 38.6 Å². The maximum atomic E-state index is 12.9. The van der Waals surface area contributed by atoms with Crippen molar-refractivity contribution in [3.8, 4) is 5.75 Å². The largest absolute Gasteiger partial charge is 0.497 e. The zero-order chi connectivity index (χ0) is 17.8. The fourth-order valence-electron chi connectivity index (χ4n) is 3.43. The molecule has 0 spiro atoms. The highest BCUT2D eigenvalue weighted by atomic mass is 16.5. The van der Waals surface area contributed by atoms with Crippen LogP contribution in [0.25, 0.3) is 0 Å². The molecule has 0 saturated carbocycles. The van der Waals surface area contributed by atoms with Gasteiger partial charge in [0.15, 0.2) is 0 Å². The van der Waals surface area contributed by atoms with Crippen molar-refractivity contribution >= 4 is 11.8 Å². The van der Waals surface area contributed by atoms with Gasteiger partial charge in [0.2, 0.25) is 0 Å². The number of carbonyl (C=O) groups excluding carboxylic acids is 1. The average Bonchev–Trinajstić information content (AvgIpc) is 2.80. The molecule has 1 atom stereocenters. The number of aromatic nitrogens is 2. The highest BCUT2D eigenvalue weighted by Crippen LogP contribution is 2.31. The molecule has 3 rings (SSSR count). The van der Waals surface area contributed by atoms with E-state index < -0.39 is 0 Å². The molecule has 1 aliphatic heterocycles. The Labute approximate surface area is 148 Å². The third kappa shape index (κ3) is 3.95. The third-order valence-corrected chi connectivity index (χ3v) is 4.75. The molecule has 0 bridgehead atoms. The predicted molar refractivity (Wildman–Crippen MR) is 97.9 cm³/mol. The monoisotopic (exact) mass is 342 g/mol. The number of benzene rings is 1. The first kappa shape index (κ1) is 17.3. The van der Waals surface area contributed by atoms with Crippen molar-refractivity contribution in [2.24, 2.45) is 7.05 Å². The molecule has 6 heteroatoms. The Morgan fingerprint density at radius 3 is 2.64 bits per heavy atom. The first-order valence-electron chi connectivity index (χ1n) is 8.80. The summed E-state index contributed by atoms with van der Waals surface area (Å²) in [6.45, 7) is 2.68. The first-order valence-corrected chi connectivity index (χ1v) is 8.80. The first-order chi connectivity index (χ1) is 12.1. The number of urea groups is 1. The topological polar surface area (TPSA) is 59.4 Å². The maximum absolute atomic E-state index is 12.9. The summed E-state index contributed by atoms with van der Waals surface area (Å²) in [6.07, 6.45) is 4.29. The summed E-state index contributed by atoms with van der Waals surface area (Å²) in [5.74, 6) is 1.55. The second kappa shape index (κ2) is 7.59. The lowest BCUT2D eigenvalue weighted by molar-refractivity contribution is 0.189. The molecular formula is C19H26N4O2. The Kier molecular flexibility index (Phi) is 5.26. The van der Waals surface area contributed by atoms with Crippen LogP contribution < -0.4 is 10.1 Å². The van der Waals surface area contributed by atoms with Crippen LogP contribution in [0.4, 0.5) is 10.6 Å². The number of likely N-dealkylation sites (tertiary alicyclic amines) is 1. The molecule has 2 heterocycles. The zero-order valence-corrected chi connectivity index (χ0v) is 15.2. The van der Waals surface area contributed by atoms with Gasteiger partial charge in [-0.1, -0.05) is 25.0 Å². The van der Waals surface area contributed by atoms with E-state index in [2.05, 4.69) is 22.5 Å². The minimum absolute atomic E-state index is 0.0641. The number of ether oxygens (including phenoxy) is 1. The average molecular weight is 342 g/mol. The van der Waals surface area contributed by atoms with Gasteiger partial charge in [0, 0.05) is 19.7 Å². The van der Waals surface area contributed by atoms with Crippen LogP contribution in [-0.4, -0.2) is 34.4 Å². The number of rotatable bonds is 3. The van der Waals surface area contributed by atoms with Crippen LogP contribution in [0.15, 0.2) is 30.3 Å². The molecule has 1 aromatic heterocycles. The molecule has 0 unspecified atom stereocenters. The number of methoxy groups -OCH3 is 1. The lowest BCUT2D eigenvalue weighted by atomic mass is 10.0. The van der Waals surface area contributed by atoms with Crippen LogP contribution >= 0.6 is 0 Å². The second-order valence-electron chi connectivity index (χ2n) is 6.56. The lowest BCUT2D eigenvalue weighted by Crippen LogP contribution is -2.38. The summed E-state index contributed by atoms with van der Waals surface area (Å²) in [5.41, 5.74) is 2.04. The normalized spacial score (nSPS) is 17.9. The molecule has 6 nitrogen and oxygen atoms in total. The van der Waals surface area contributed by atoms with Gasteiger partial charge in [0.1, 0.15) is 11.6 Å². The molecule has 25 heavy (non-hydrogen) atoms. The summed E-state index contributed by atoms with van der Waals surface area (Å²) in [5, 5.41) is 7.31. The van der Waals surface area contributed by atoms with E-state index in [1.807, 2.05) is 37.1 Å². The number of amides is 2. The molecule has 1 fully saturated rings. The molecule has 1 N–H and O–H groups in total. The molecule has 1 aliphatic rings. The van der Waals surface area contributed by atoms with Crippen molar-refractivity contribution in [1.29, 1.82) is 0 Å². The summed E-state index contributed by atoms with van der Waals surface area (Å²) >= 11 is 0. The van der Waals surface area contributed by atoms with Crippen molar-refractivity contribution < 1.29 is 9.53 Å². The Morgan fingerprint density at radius 1 is 1.24 bits per heavy atom. The van der Waals surface area contributed by atoms with Crippen LogP contribution in [0.5, 0.6) is 5.75 Å². The fraction of sp³-hybridized carbons (Fsp3) is 0.474. The minimum atomic E-state index is -0.0641.